The zero-order valence-electron chi connectivity index (χ0n) is 34.4. The summed E-state index contributed by atoms with van der Waals surface area (Å²) in [6.45, 7) is 13.9. The van der Waals surface area contributed by atoms with Crippen LogP contribution in [0.15, 0.2) is 164 Å². The molecule has 0 aliphatic heterocycles. The van der Waals surface area contributed by atoms with Crippen LogP contribution in [0, 0.1) is 0 Å². The third kappa shape index (κ3) is 4.44. The van der Waals surface area contributed by atoms with Crippen molar-refractivity contribution in [2.45, 2.75) is 57.8 Å². The highest BCUT2D eigenvalue weighted by atomic mass is 31.2. The van der Waals surface area contributed by atoms with Crippen molar-refractivity contribution in [1.82, 2.24) is 0 Å². The Kier molecular flexibility index (Phi) is 6.87. The molecule has 2 heteroatoms. The average molecular weight is 777 g/mol. The lowest BCUT2D eigenvalue weighted by atomic mass is 9.81. The summed E-state index contributed by atoms with van der Waals surface area (Å²) in [5.41, 5.74) is 14.5. The Morgan fingerprint density at radius 2 is 0.627 bits per heavy atom. The van der Waals surface area contributed by atoms with Crippen LogP contribution in [0.4, 0.5) is 0 Å². The summed E-state index contributed by atoms with van der Waals surface area (Å²) in [7, 11) is -3.44. The highest BCUT2D eigenvalue weighted by Gasteiger charge is 2.42. The quantitative estimate of drug-likeness (QED) is 0.129. The second kappa shape index (κ2) is 11.6. The van der Waals surface area contributed by atoms with Crippen molar-refractivity contribution in [2.24, 2.45) is 0 Å². The predicted molar refractivity (Wildman–Crippen MR) is 251 cm³/mol. The lowest BCUT2D eigenvalue weighted by molar-refractivity contribution is 0.592. The maximum absolute atomic E-state index is 16.9. The Labute approximate surface area is 346 Å². The summed E-state index contributed by atoms with van der Waals surface area (Å²) >= 11 is 0. The molecule has 0 atom stereocenters. The first kappa shape index (κ1) is 35.0. The molecule has 0 saturated heterocycles. The van der Waals surface area contributed by atoms with Gasteiger partial charge in [0.2, 0.25) is 0 Å². The molecule has 0 aromatic heterocycles. The molecule has 9 aromatic carbocycles. The van der Waals surface area contributed by atoms with Crippen LogP contribution >= 0.6 is 7.14 Å². The first-order valence-corrected chi connectivity index (χ1v) is 22.7. The van der Waals surface area contributed by atoms with E-state index in [0.717, 1.165) is 15.9 Å². The van der Waals surface area contributed by atoms with Crippen molar-refractivity contribution < 1.29 is 4.57 Å². The zero-order valence-corrected chi connectivity index (χ0v) is 35.3. The van der Waals surface area contributed by atoms with Crippen LogP contribution in [0.3, 0.4) is 0 Å². The molecule has 0 spiro atoms. The molecule has 0 radical (unpaired) electrons. The van der Waals surface area contributed by atoms with Crippen molar-refractivity contribution in [3.05, 3.63) is 197 Å². The van der Waals surface area contributed by atoms with E-state index in [1.54, 1.807) is 0 Å². The zero-order chi connectivity index (χ0) is 40.2. The van der Waals surface area contributed by atoms with Crippen molar-refractivity contribution >= 4 is 55.4 Å². The normalized spacial score (nSPS) is 16.1. The van der Waals surface area contributed by atoms with E-state index in [4.69, 9.17) is 0 Å². The summed E-state index contributed by atoms with van der Waals surface area (Å²) in [6.07, 6.45) is 0. The van der Waals surface area contributed by atoms with E-state index in [1.807, 2.05) is 0 Å². The van der Waals surface area contributed by atoms with Crippen molar-refractivity contribution in [2.75, 3.05) is 0 Å². The van der Waals surface area contributed by atoms with Crippen molar-refractivity contribution in [3.63, 3.8) is 0 Å². The van der Waals surface area contributed by atoms with Crippen LogP contribution in [0.5, 0.6) is 0 Å². The third-order valence-electron chi connectivity index (χ3n) is 14.7. The molecule has 284 valence electrons. The molecule has 1 nitrogen and oxygen atoms in total. The van der Waals surface area contributed by atoms with Crippen molar-refractivity contribution in [1.29, 1.82) is 0 Å². The minimum atomic E-state index is -3.44. The molecular weight excluding hydrogens is 732 g/mol. The second-order valence-electron chi connectivity index (χ2n) is 18.8. The summed E-state index contributed by atoms with van der Waals surface area (Å²) in [5.74, 6) is 0. The van der Waals surface area contributed by atoms with Gasteiger partial charge in [-0.05, 0) is 129 Å². The summed E-state index contributed by atoms with van der Waals surface area (Å²) in [4.78, 5) is 0. The Morgan fingerprint density at radius 3 is 1.15 bits per heavy atom. The number of benzene rings is 9. The molecule has 0 amide bonds. The van der Waals surface area contributed by atoms with Crippen LogP contribution < -0.4 is 15.9 Å². The maximum Gasteiger partial charge on any atom is 0.171 e. The van der Waals surface area contributed by atoms with E-state index in [0.29, 0.717) is 0 Å². The van der Waals surface area contributed by atoms with E-state index in [2.05, 4.69) is 205 Å². The molecule has 9 aromatic rings. The molecule has 0 saturated carbocycles. The first-order chi connectivity index (χ1) is 28.4. The predicted octanol–water partition coefficient (Wildman–Crippen LogP) is 13.7. The van der Waals surface area contributed by atoms with Crippen LogP contribution in [0.2, 0.25) is 0 Å². The third-order valence-corrected chi connectivity index (χ3v) is 17.8. The molecule has 3 aliphatic rings. The van der Waals surface area contributed by atoms with E-state index < -0.39 is 7.14 Å². The van der Waals surface area contributed by atoms with Crippen LogP contribution in [-0.4, -0.2) is 0 Å². The van der Waals surface area contributed by atoms with Gasteiger partial charge in [0, 0.05) is 32.2 Å². The smallest absolute Gasteiger partial charge is 0.171 e. The largest absolute Gasteiger partial charge is 0.309 e. The van der Waals surface area contributed by atoms with Crippen LogP contribution in [0.25, 0.3) is 65.7 Å². The molecule has 3 aliphatic carbocycles. The molecule has 59 heavy (non-hydrogen) atoms. The van der Waals surface area contributed by atoms with E-state index >= 15 is 4.57 Å². The van der Waals surface area contributed by atoms with Gasteiger partial charge < -0.3 is 4.57 Å². The summed E-state index contributed by atoms with van der Waals surface area (Å²) < 4.78 is 16.9. The topological polar surface area (TPSA) is 17.1 Å². The van der Waals surface area contributed by atoms with Gasteiger partial charge >= 0.3 is 0 Å². The standard InChI is InChI=1S/C57H45OP/c1-55(2)49-21-13-11-19-41(49)46-29-34(24-27-51(46)55)59(58,35-25-28-52-47(30-35)42-20-12-14-22-50(42)56(52,3)4)36-23-26-43-48-32-44-39-17-9-7-15-37(39)38-16-8-10-18-40(38)45(44)33-54(48)57(5,6)53(43)31-36/h7-33H,1-6H3. The van der Waals surface area contributed by atoms with Gasteiger partial charge in [0.15, 0.2) is 7.14 Å². The van der Waals surface area contributed by atoms with Crippen LogP contribution in [-0.2, 0) is 20.8 Å². The summed E-state index contributed by atoms with van der Waals surface area (Å²) in [6, 6.07) is 60.2. The van der Waals surface area contributed by atoms with E-state index in [9.17, 15) is 0 Å². The Balaban J connectivity index is 1.10. The fraction of sp³-hybridized carbons (Fsp3) is 0.158. The fourth-order valence-corrected chi connectivity index (χ4v) is 14.3. The molecule has 0 bridgehead atoms. The molecule has 0 fully saturated rings. The molecule has 0 N–H and O–H groups in total. The number of rotatable bonds is 3. The first-order valence-electron chi connectivity index (χ1n) is 21.0. The molecule has 0 heterocycles. The molecule has 0 unspecified atom stereocenters. The Morgan fingerprint density at radius 1 is 0.288 bits per heavy atom. The Bertz CT molecular complexity index is 3280. The van der Waals surface area contributed by atoms with Gasteiger partial charge in [-0.2, -0.15) is 0 Å². The minimum Gasteiger partial charge on any atom is -0.309 e. The van der Waals surface area contributed by atoms with Gasteiger partial charge in [-0.25, -0.2) is 0 Å². The maximum atomic E-state index is 16.9. The summed E-state index contributed by atoms with van der Waals surface area (Å²) in [5, 5.41) is 10.3. The highest BCUT2D eigenvalue weighted by molar-refractivity contribution is 7.85. The fourth-order valence-electron chi connectivity index (χ4n) is 11.6. The van der Waals surface area contributed by atoms with E-state index in [1.165, 1.54) is 99.1 Å². The average Bonchev–Trinajstić information content (AvgIpc) is 3.74. The molecule has 12 rings (SSSR count). The highest BCUT2D eigenvalue weighted by Crippen LogP contribution is 2.56. The molecular formula is C57H45OP. The second-order valence-corrected chi connectivity index (χ2v) is 21.6. The van der Waals surface area contributed by atoms with Crippen molar-refractivity contribution in [3.8, 4) is 33.4 Å². The monoisotopic (exact) mass is 776 g/mol. The number of fused-ring (bicyclic) bond motifs is 15. The minimum absolute atomic E-state index is 0.138. The number of hydrogen-bond donors (Lipinski definition) is 0. The lowest BCUT2D eigenvalue weighted by Crippen LogP contribution is -2.27. The Hall–Kier alpha value is -6.01. The van der Waals surface area contributed by atoms with E-state index in [-0.39, 0.29) is 16.2 Å². The van der Waals surface area contributed by atoms with Gasteiger partial charge in [0.25, 0.3) is 0 Å². The van der Waals surface area contributed by atoms with Gasteiger partial charge in [-0.1, -0.05) is 175 Å². The van der Waals surface area contributed by atoms with Gasteiger partial charge in [-0.3, -0.25) is 0 Å². The van der Waals surface area contributed by atoms with Gasteiger partial charge in [-0.15, -0.1) is 0 Å². The van der Waals surface area contributed by atoms with Gasteiger partial charge in [0.05, 0.1) is 0 Å². The SMILES string of the molecule is CC1(C)c2ccccc2-c2cc(P(=O)(c3ccc4c(c3)-c3ccccc3C4(C)C)c3ccc4c(c3)C(C)(C)c3cc5c6ccccc6c6ccccc6c5cc3-4)ccc21. The number of hydrogen-bond acceptors (Lipinski definition) is 1. The lowest BCUT2D eigenvalue weighted by Gasteiger charge is -2.27. The van der Waals surface area contributed by atoms with Gasteiger partial charge in [0.1, 0.15) is 0 Å². The van der Waals surface area contributed by atoms with Crippen LogP contribution in [0.1, 0.15) is 74.9 Å².